The third kappa shape index (κ3) is 2.90. The highest BCUT2D eigenvalue weighted by Crippen LogP contribution is 2.45. The van der Waals surface area contributed by atoms with Crippen LogP contribution in [0.25, 0.3) is 22.3 Å². The lowest BCUT2D eigenvalue weighted by Gasteiger charge is -2.15. The number of para-hydroxylation sites is 1. The first-order chi connectivity index (χ1) is 16.4. The Morgan fingerprint density at radius 3 is 2.41 bits per heavy atom. The van der Waals surface area contributed by atoms with Crippen molar-refractivity contribution in [3.63, 3.8) is 0 Å². The van der Waals surface area contributed by atoms with E-state index in [4.69, 9.17) is 11.2 Å². The van der Waals surface area contributed by atoms with E-state index in [9.17, 15) is 14.4 Å². The number of benzene rings is 2. The molecule has 2 aromatic heterocycles. The van der Waals surface area contributed by atoms with Crippen molar-refractivity contribution in [3.8, 4) is 29.4 Å². The van der Waals surface area contributed by atoms with Gasteiger partial charge in [0.1, 0.15) is 11.4 Å². The van der Waals surface area contributed by atoms with Crippen molar-refractivity contribution in [2.45, 2.75) is 5.92 Å². The first kappa shape index (κ1) is 21.3. The van der Waals surface area contributed by atoms with Gasteiger partial charge in [0.05, 0.1) is 30.7 Å². The Kier molecular flexibility index (Phi) is 4.91. The van der Waals surface area contributed by atoms with E-state index >= 15 is 0 Å². The molecule has 5 rings (SSSR count). The zero-order valence-electron chi connectivity index (χ0n) is 19.0. The number of hydrogen-bond donors (Lipinski definition) is 1. The Bertz CT molecular complexity index is 1620. The maximum atomic E-state index is 13.7. The fourth-order valence-corrected chi connectivity index (χ4v) is 4.74. The molecule has 8 heteroatoms. The molecule has 0 spiro atoms. The SMILES string of the molecule is C#CCN1C(=O)C(c2c(-c3ccc(OC)cc3)[nH]c3c2c(=O)n(C)c(=O)n3C)c2ccccc21. The molecule has 8 nitrogen and oxygen atoms in total. The van der Waals surface area contributed by atoms with Gasteiger partial charge in [-0.1, -0.05) is 24.1 Å². The van der Waals surface area contributed by atoms with Crippen LogP contribution in [0.15, 0.2) is 58.1 Å². The molecule has 0 radical (unpaired) electrons. The van der Waals surface area contributed by atoms with Crippen LogP contribution in [-0.2, 0) is 18.9 Å². The average molecular weight is 454 g/mol. The predicted octanol–water partition coefficient (Wildman–Crippen LogP) is 2.35. The first-order valence-corrected chi connectivity index (χ1v) is 10.7. The minimum atomic E-state index is -0.763. The Balaban J connectivity index is 1.89. The van der Waals surface area contributed by atoms with Gasteiger partial charge in [-0.15, -0.1) is 6.42 Å². The molecule has 0 bridgehead atoms. The quantitative estimate of drug-likeness (QED) is 0.480. The number of carbonyl (C=O) groups excluding carboxylic acids is 1. The summed E-state index contributed by atoms with van der Waals surface area (Å²) in [4.78, 5) is 44.6. The second kappa shape index (κ2) is 7.81. The molecule has 0 fully saturated rings. The number of rotatable bonds is 4. The number of methoxy groups -OCH3 is 1. The normalized spacial score (nSPS) is 14.9. The van der Waals surface area contributed by atoms with E-state index in [-0.39, 0.29) is 12.5 Å². The zero-order chi connectivity index (χ0) is 24.1. The summed E-state index contributed by atoms with van der Waals surface area (Å²) < 4.78 is 7.72. The molecule has 1 aliphatic heterocycles. The molecule has 34 heavy (non-hydrogen) atoms. The number of ether oxygens (including phenoxy) is 1. The average Bonchev–Trinajstić information content (AvgIpc) is 3.37. The van der Waals surface area contributed by atoms with Gasteiger partial charge in [-0.2, -0.15) is 0 Å². The lowest BCUT2D eigenvalue weighted by atomic mass is 9.89. The van der Waals surface area contributed by atoms with E-state index < -0.39 is 17.2 Å². The summed E-state index contributed by atoms with van der Waals surface area (Å²) in [6.45, 7) is 0.114. The number of amides is 1. The van der Waals surface area contributed by atoms with Crippen LogP contribution in [-0.4, -0.2) is 33.7 Å². The van der Waals surface area contributed by atoms with Crippen LogP contribution in [0, 0.1) is 12.3 Å². The second-order valence-electron chi connectivity index (χ2n) is 8.19. The lowest BCUT2D eigenvalue weighted by Crippen LogP contribution is -2.37. The van der Waals surface area contributed by atoms with Crippen LogP contribution in [0.2, 0.25) is 0 Å². The predicted molar refractivity (Wildman–Crippen MR) is 130 cm³/mol. The third-order valence-electron chi connectivity index (χ3n) is 6.41. The highest BCUT2D eigenvalue weighted by atomic mass is 16.5. The molecule has 0 saturated carbocycles. The van der Waals surface area contributed by atoms with Crippen LogP contribution in [0.5, 0.6) is 5.75 Å². The van der Waals surface area contributed by atoms with Gasteiger partial charge in [-0.05, 0) is 41.5 Å². The fraction of sp³-hybridized carbons (Fsp3) is 0.192. The van der Waals surface area contributed by atoms with Crippen molar-refractivity contribution < 1.29 is 9.53 Å². The molecular weight excluding hydrogens is 432 g/mol. The third-order valence-corrected chi connectivity index (χ3v) is 6.41. The highest BCUT2D eigenvalue weighted by molar-refractivity contribution is 6.10. The van der Waals surface area contributed by atoms with E-state index in [0.29, 0.717) is 33.7 Å². The van der Waals surface area contributed by atoms with Crippen LogP contribution in [0.3, 0.4) is 0 Å². The van der Waals surface area contributed by atoms with Crippen LogP contribution in [0.4, 0.5) is 5.69 Å². The smallest absolute Gasteiger partial charge is 0.332 e. The molecule has 4 aromatic rings. The standard InChI is InChI=1S/C26H22N4O4/c1-5-14-30-18-9-7-6-8-17(18)19(25(30)32)20-21-23(28(2)26(33)29(3)24(21)31)27-22(20)15-10-12-16(34-4)13-11-15/h1,6-13,19,27H,14H2,2-4H3. The van der Waals surface area contributed by atoms with Gasteiger partial charge in [0.2, 0.25) is 5.91 Å². The molecule has 1 N–H and O–H groups in total. The van der Waals surface area contributed by atoms with Crippen molar-refractivity contribution in [1.29, 1.82) is 0 Å². The summed E-state index contributed by atoms with van der Waals surface area (Å²) in [6, 6.07) is 14.7. The molecule has 2 aromatic carbocycles. The molecule has 1 atom stereocenters. The maximum Gasteiger partial charge on any atom is 0.332 e. The monoisotopic (exact) mass is 454 g/mol. The Morgan fingerprint density at radius 2 is 1.74 bits per heavy atom. The lowest BCUT2D eigenvalue weighted by molar-refractivity contribution is -0.118. The summed E-state index contributed by atoms with van der Waals surface area (Å²) in [5, 5.41) is 0.297. The Labute approximate surface area is 195 Å². The van der Waals surface area contributed by atoms with Gasteiger partial charge in [-0.3, -0.25) is 23.6 Å². The van der Waals surface area contributed by atoms with E-state index in [2.05, 4.69) is 10.9 Å². The van der Waals surface area contributed by atoms with Crippen molar-refractivity contribution in [1.82, 2.24) is 14.1 Å². The number of nitrogens with one attached hydrogen (secondary N) is 1. The van der Waals surface area contributed by atoms with E-state index in [0.717, 1.165) is 15.7 Å². The molecule has 3 heterocycles. The highest BCUT2D eigenvalue weighted by Gasteiger charge is 2.41. The number of hydrogen-bond acceptors (Lipinski definition) is 4. The van der Waals surface area contributed by atoms with Gasteiger partial charge in [-0.25, -0.2) is 4.79 Å². The number of carbonyl (C=O) groups is 1. The van der Waals surface area contributed by atoms with Gasteiger partial charge in [0.15, 0.2) is 0 Å². The summed E-state index contributed by atoms with van der Waals surface area (Å²) in [5.74, 6) is 2.25. The molecule has 1 aliphatic rings. The number of nitrogens with zero attached hydrogens (tertiary/aromatic N) is 3. The zero-order valence-corrected chi connectivity index (χ0v) is 19.0. The van der Waals surface area contributed by atoms with Crippen molar-refractivity contribution in [2.75, 3.05) is 18.6 Å². The van der Waals surface area contributed by atoms with Gasteiger partial charge in [0.25, 0.3) is 5.56 Å². The largest absolute Gasteiger partial charge is 0.497 e. The summed E-state index contributed by atoms with van der Waals surface area (Å²) >= 11 is 0. The number of terminal acetylenes is 1. The van der Waals surface area contributed by atoms with Crippen LogP contribution in [0.1, 0.15) is 17.0 Å². The summed E-state index contributed by atoms with van der Waals surface area (Å²) in [6.07, 6.45) is 5.56. The molecular formula is C26H22N4O4. The van der Waals surface area contributed by atoms with Crippen LogP contribution < -0.4 is 20.9 Å². The summed E-state index contributed by atoms with van der Waals surface area (Å²) in [5.41, 5.74) is 2.77. The maximum absolute atomic E-state index is 13.7. The topological polar surface area (TPSA) is 89.3 Å². The van der Waals surface area contributed by atoms with Crippen molar-refractivity contribution in [2.24, 2.45) is 14.1 Å². The molecule has 170 valence electrons. The van der Waals surface area contributed by atoms with Gasteiger partial charge < -0.3 is 9.72 Å². The van der Waals surface area contributed by atoms with E-state index in [1.54, 1.807) is 31.2 Å². The van der Waals surface area contributed by atoms with Crippen molar-refractivity contribution in [3.05, 3.63) is 80.5 Å². The number of anilines is 1. The minimum absolute atomic E-state index is 0.114. The number of aromatic amines is 1. The van der Waals surface area contributed by atoms with Gasteiger partial charge in [0, 0.05) is 25.3 Å². The molecule has 0 saturated heterocycles. The molecule has 0 aliphatic carbocycles. The number of aryl methyl sites for hydroxylation is 1. The number of H-pyrrole nitrogens is 1. The van der Waals surface area contributed by atoms with E-state index in [1.165, 1.54) is 11.6 Å². The van der Waals surface area contributed by atoms with Gasteiger partial charge >= 0.3 is 5.69 Å². The van der Waals surface area contributed by atoms with Crippen molar-refractivity contribution >= 4 is 22.6 Å². The fourth-order valence-electron chi connectivity index (χ4n) is 4.74. The number of fused-ring (bicyclic) bond motifs is 2. The number of aromatic nitrogens is 3. The molecule has 1 amide bonds. The first-order valence-electron chi connectivity index (χ1n) is 10.7. The second-order valence-corrected chi connectivity index (χ2v) is 8.19. The minimum Gasteiger partial charge on any atom is -0.497 e. The Hall–Kier alpha value is -4.51. The van der Waals surface area contributed by atoms with Crippen LogP contribution >= 0.6 is 0 Å². The Morgan fingerprint density at radius 1 is 1.03 bits per heavy atom. The molecule has 1 unspecified atom stereocenters. The van der Waals surface area contributed by atoms with E-state index in [1.807, 2.05) is 36.4 Å². The summed E-state index contributed by atoms with van der Waals surface area (Å²) in [7, 11) is 4.61.